The second kappa shape index (κ2) is 2.48. The van der Waals surface area contributed by atoms with Crippen LogP contribution in [0.4, 0.5) is 0 Å². The van der Waals surface area contributed by atoms with Crippen molar-refractivity contribution in [1.29, 1.82) is 0 Å². The smallest absolute Gasteiger partial charge is 0.124 e. The predicted octanol–water partition coefficient (Wildman–Crippen LogP) is 2.25. The van der Waals surface area contributed by atoms with Gasteiger partial charge in [-0.3, -0.25) is 0 Å². The van der Waals surface area contributed by atoms with Gasteiger partial charge < -0.3 is 0 Å². The molecule has 0 saturated carbocycles. The molecule has 3 heteroatoms. The fourth-order valence-electron chi connectivity index (χ4n) is 1.13. The Bertz CT molecular complexity index is 392. The van der Waals surface area contributed by atoms with Crippen LogP contribution in [0, 0.1) is 10.6 Å². The normalized spacial score (nSPS) is 10.7. The molecule has 0 aliphatic heterocycles. The molecule has 0 unspecified atom stereocenters. The van der Waals surface area contributed by atoms with E-state index in [4.69, 9.17) is 0 Å². The van der Waals surface area contributed by atoms with Crippen molar-refractivity contribution in [2.75, 3.05) is 0 Å². The van der Waals surface area contributed by atoms with E-state index in [1.807, 2.05) is 16.8 Å². The molecule has 2 nitrogen and oxygen atoms in total. The minimum atomic E-state index is 1.04. The maximum Gasteiger partial charge on any atom is 0.124 e. The summed E-state index contributed by atoms with van der Waals surface area (Å²) in [6, 6.07) is 6.18. The lowest BCUT2D eigenvalue weighted by Gasteiger charge is -1.93. The molecule has 0 radical (unpaired) electrons. The van der Waals surface area contributed by atoms with Crippen LogP contribution < -0.4 is 0 Å². The molecule has 2 aromatic rings. The van der Waals surface area contributed by atoms with Crippen molar-refractivity contribution < 1.29 is 0 Å². The van der Waals surface area contributed by atoms with Gasteiger partial charge in [-0.25, -0.2) is 4.52 Å². The van der Waals surface area contributed by atoms with Crippen LogP contribution in [0.15, 0.2) is 24.4 Å². The van der Waals surface area contributed by atoms with Crippen LogP contribution >= 0.6 is 22.6 Å². The van der Waals surface area contributed by atoms with E-state index in [0.717, 1.165) is 3.70 Å². The summed E-state index contributed by atoms with van der Waals surface area (Å²) in [6.45, 7) is 2.09. The Labute approximate surface area is 78.4 Å². The van der Waals surface area contributed by atoms with Gasteiger partial charge in [0.25, 0.3) is 0 Å². The highest BCUT2D eigenvalue weighted by Crippen LogP contribution is 2.11. The number of aryl methyl sites for hydroxylation is 1. The standard InChI is InChI=1S/C8H7IN2/c1-6-3-2-4-11-7(6)5-8(9)10-11/h2-5H,1H3. The molecule has 2 rings (SSSR count). The molecule has 0 aliphatic rings. The zero-order valence-electron chi connectivity index (χ0n) is 6.08. The molecule has 0 bridgehead atoms. The van der Waals surface area contributed by atoms with Gasteiger partial charge >= 0.3 is 0 Å². The molecule has 0 saturated heterocycles. The Morgan fingerprint density at radius 1 is 1.55 bits per heavy atom. The number of pyridine rings is 1. The van der Waals surface area contributed by atoms with E-state index in [1.165, 1.54) is 11.1 Å². The monoisotopic (exact) mass is 258 g/mol. The quantitative estimate of drug-likeness (QED) is 0.662. The van der Waals surface area contributed by atoms with E-state index >= 15 is 0 Å². The van der Waals surface area contributed by atoms with Crippen molar-refractivity contribution >= 4 is 28.1 Å². The van der Waals surface area contributed by atoms with E-state index < -0.39 is 0 Å². The van der Waals surface area contributed by atoms with E-state index in [0.29, 0.717) is 0 Å². The average molecular weight is 258 g/mol. The summed E-state index contributed by atoms with van der Waals surface area (Å²) in [5, 5.41) is 4.28. The first-order valence-electron chi connectivity index (χ1n) is 3.38. The first kappa shape index (κ1) is 7.09. The number of aromatic nitrogens is 2. The van der Waals surface area contributed by atoms with Gasteiger partial charge in [-0.05, 0) is 47.2 Å². The van der Waals surface area contributed by atoms with Gasteiger partial charge in [0.2, 0.25) is 0 Å². The minimum absolute atomic E-state index is 1.04. The summed E-state index contributed by atoms with van der Waals surface area (Å²) in [6.07, 6.45) is 1.96. The summed E-state index contributed by atoms with van der Waals surface area (Å²) in [4.78, 5) is 0. The Balaban J connectivity index is 2.90. The van der Waals surface area contributed by atoms with E-state index in [-0.39, 0.29) is 0 Å². The minimum Gasteiger partial charge on any atom is -0.240 e. The number of fused-ring (bicyclic) bond motifs is 1. The van der Waals surface area contributed by atoms with Crippen LogP contribution in [0.3, 0.4) is 0 Å². The van der Waals surface area contributed by atoms with Gasteiger partial charge in [-0.1, -0.05) is 6.07 Å². The molecule has 0 spiro atoms. The number of nitrogens with zero attached hydrogens (tertiary/aromatic N) is 2. The van der Waals surface area contributed by atoms with Gasteiger partial charge in [0.05, 0.1) is 5.52 Å². The van der Waals surface area contributed by atoms with Gasteiger partial charge in [-0.15, -0.1) is 0 Å². The summed E-state index contributed by atoms with van der Waals surface area (Å²) in [5.41, 5.74) is 2.46. The predicted molar refractivity (Wildman–Crippen MR) is 52.6 cm³/mol. The van der Waals surface area contributed by atoms with Gasteiger partial charge in [0.1, 0.15) is 3.70 Å². The van der Waals surface area contributed by atoms with Crippen LogP contribution in [0.25, 0.3) is 5.52 Å². The highest BCUT2D eigenvalue weighted by Gasteiger charge is 1.98. The van der Waals surface area contributed by atoms with E-state index in [2.05, 4.69) is 46.7 Å². The molecule has 0 fully saturated rings. The number of hydrogen-bond donors (Lipinski definition) is 0. The van der Waals surface area contributed by atoms with E-state index in [9.17, 15) is 0 Å². The summed E-state index contributed by atoms with van der Waals surface area (Å²) in [5.74, 6) is 0. The number of rotatable bonds is 0. The van der Waals surface area contributed by atoms with Gasteiger partial charge in [0, 0.05) is 6.20 Å². The maximum atomic E-state index is 4.28. The molecule has 0 aliphatic carbocycles. The van der Waals surface area contributed by atoms with Crippen LogP contribution in [0.5, 0.6) is 0 Å². The van der Waals surface area contributed by atoms with Crippen LogP contribution in [0.1, 0.15) is 5.56 Å². The van der Waals surface area contributed by atoms with E-state index in [1.54, 1.807) is 0 Å². The number of halogens is 1. The third kappa shape index (κ3) is 1.13. The van der Waals surface area contributed by atoms with Gasteiger partial charge in [0.15, 0.2) is 0 Å². The molecule has 2 heterocycles. The summed E-state index contributed by atoms with van der Waals surface area (Å²) < 4.78 is 2.94. The highest BCUT2D eigenvalue weighted by molar-refractivity contribution is 14.1. The first-order valence-corrected chi connectivity index (χ1v) is 4.46. The van der Waals surface area contributed by atoms with Crippen molar-refractivity contribution in [2.24, 2.45) is 0 Å². The fraction of sp³-hybridized carbons (Fsp3) is 0.125. The van der Waals surface area contributed by atoms with Crippen LogP contribution in [0.2, 0.25) is 0 Å². The zero-order chi connectivity index (χ0) is 7.84. The molecular weight excluding hydrogens is 251 g/mol. The third-order valence-corrected chi connectivity index (χ3v) is 2.21. The Morgan fingerprint density at radius 3 is 3.09 bits per heavy atom. The van der Waals surface area contributed by atoms with Crippen molar-refractivity contribution in [3.63, 3.8) is 0 Å². The fourth-order valence-corrected chi connectivity index (χ4v) is 1.65. The van der Waals surface area contributed by atoms with Crippen molar-refractivity contribution in [2.45, 2.75) is 6.92 Å². The largest absolute Gasteiger partial charge is 0.240 e. The highest BCUT2D eigenvalue weighted by atomic mass is 127. The van der Waals surface area contributed by atoms with Crippen molar-refractivity contribution in [1.82, 2.24) is 9.61 Å². The third-order valence-electron chi connectivity index (χ3n) is 1.68. The Kier molecular flexibility index (Phi) is 1.60. The average Bonchev–Trinajstić information content (AvgIpc) is 2.31. The maximum absolute atomic E-state index is 4.28. The zero-order valence-corrected chi connectivity index (χ0v) is 8.24. The molecule has 11 heavy (non-hydrogen) atoms. The molecule has 56 valence electrons. The van der Waals surface area contributed by atoms with Crippen LogP contribution in [-0.2, 0) is 0 Å². The van der Waals surface area contributed by atoms with Crippen molar-refractivity contribution in [3.05, 3.63) is 33.7 Å². The summed E-state index contributed by atoms with van der Waals surface area (Å²) in [7, 11) is 0. The first-order chi connectivity index (χ1) is 5.27. The molecule has 0 atom stereocenters. The second-order valence-corrected chi connectivity index (χ2v) is 3.59. The topological polar surface area (TPSA) is 17.3 Å². The lowest BCUT2D eigenvalue weighted by atomic mass is 10.2. The molecule has 0 aromatic carbocycles. The molecular formula is C8H7IN2. The number of hydrogen-bond acceptors (Lipinski definition) is 1. The Hall–Kier alpha value is -0.580. The SMILES string of the molecule is Cc1cccn2nc(I)cc12. The lowest BCUT2D eigenvalue weighted by Crippen LogP contribution is -1.86. The molecule has 0 N–H and O–H groups in total. The summed E-state index contributed by atoms with van der Waals surface area (Å²) >= 11 is 2.22. The molecule has 2 aromatic heterocycles. The van der Waals surface area contributed by atoms with Crippen molar-refractivity contribution in [3.8, 4) is 0 Å². The lowest BCUT2D eigenvalue weighted by molar-refractivity contribution is 0.941. The van der Waals surface area contributed by atoms with Crippen LogP contribution in [-0.4, -0.2) is 9.61 Å². The second-order valence-electron chi connectivity index (χ2n) is 2.49. The van der Waals surface area contributed by atoms with Gasteiger partial charge in [-0.2, -0.15) is 5.10 Å². The Morgan fingerprint density at radius 2 is 2.36 bits per heavy atom. The molecule has 0 amide bonds.